The van der Waals surface area contributed by atoms with Gasteiger partial charge in [0.2, 0.25) is 11.5 Å². The lowest BCUT2D eigenvalue weighted by molar-refractivity contribution is -0.389. The number of hydrogen-bond acceptors (Lipinski definition) is 4. The fourth-order valence-corrected chi connectivity index (χ4v) is 3.13. The Morgan fingerprint density at radius 3 is 2.91 bits per heavy atom. The van der Waals surface area contributed by atoms with Gasteiger partial charge in [0.25, 0.3) is 0 Å². The molecular weight excluding hydrogens is 280 g/mol. The van der Waals surface area contributed by atoms with Crippen molar-refractivity contribution >= 4 is 17.3 Å². The normalized spacial score (nSPS) is 16.6. The van der Waals surface area contributed by atoms with Crippen molar-refractivity contribution in [2.24, 2.45) is 0 Å². The van der Waals surface area contributed by atoms with Crippen molar-refractivity contribution in [2.75, 3.05) is 5.32 Å². The first-order valence-corrected chi connectivity index (χ1v) is 7.20. The summed E-state index contributed by atoms with van der Waals surface area (Å²) < 4.78 is 1.50. The number of nitrogens with zero attached hydrogens (tertiary/aromatic N) is 3. The second kappa shape index (κ2) is 4.84. The molecule has 0 saturated heterocycles. The molecule has 0 aliphatic heterocycles. The second-order valence-corrected chi connectivity index (χ2v) is 5.40. The van der Waals surface area contributed by atoms with Crippen LogP contribution in [0.1, 0.15) is 23.6 Å². The molecule has 6 heteroatoms. The number of imidazole rings is 1. The van der Waals surface area contributed by atoms with Gasteiger partial charge in [0.15, 0.2) is 0 Å². The van der Waals surface area contributed by atoms with Crippen molar-refractivity contribution in [3.63, 3.8) is 0 Å². The first-order valence-electron chi connectivity index (χ1n) is 7.20. The Balaban J connectivity index is 1.76. The van der Waals surface area contributed by atoms with E-state index in [1.807, 2.05) is 18.2 Å². The summed E-state index contributed by atoms with van der Waals surface area (Å²) in [7, 11) is 0. The molecule has 1 N–H and O–H groups in total. The third kappa shape index (κ3) is 1.92. The predicted octanol–water partition coefficient (Wildman–Crippen LogP) is 3.34. The average Bonchev–Trinajstić information content (AvgIpc) is 3.09. The van der Waals surface area contributed by atoms with Crippen molar-refractivity contribution in [1.29, 1.82) is 0 Å². The third-order valence-corrected chi connectivity index (χ3v) is 4.12. The van der Waals surface area contributed by atoms with E-state index in [0.29, 0.717) is 11.5 Å². The van der Waals surface area contributed by atoms with Crippen LogP contribution >= 0.6 is 0 Å². The number of fused-ring (bicyclic) bond motifs is 2. The molecule has 0 bridgehead atoms. The molecule has 110 valence electrons. The zero-order valence-electron chi connectivity index (χ0n) is 11.8. The van der Waals surface area contributed by atoms with E-state index in [2.05, 4.69) is 22.4 Å². The molecule has 0 fully saturated rings. The lowest BCUT2D eigenvalue weighted by Crippen LogP contribution is -2.09. The zero-order chi connectivity index (χ0) is 15.1. The molecule has 0 amide bonds. The Hall–Kier alpha value is -2.89. The summed E-state index contributed by atoms with van der Waals surface area (Å²) in [6, 6.07) is 13.6. The van der Waals surface area contributed by atoms with Crippen molar-refractivity contribution in [2.45, 2.75) is 18.9 Å². The van der Waals surface area contributed by atoms with Crippen LogP contribution in [0.4, 0.5) is 11.6 Å². The van der Waals surface area contributed by atoms with Gasteiger partial charge in [-0.05, 0) is 35.0 Å². The van der Waals surface area contributed by atoms with Crippen LogP contribution in [0.3, 0.4) is 0 Å². The van der Waals surface area contributed by atoms with E-state index in [0.717, 1.165) is 12.8 Å². The highest BCUT2D eigenvalue weighted by Gasteiger charge is 2.28. The molecule has 0 spiro atoms. The van der Waals surface area contributed by atoms with Crippen LogP contribution in [-0.4, -0.2) is 14.3 Å². The van der Waals surface area contributed by atoms with E-state index < -0.39 is 0 Å². The van der Waals surface area contributed by atoms with E-state index in [-0.39, 0.29) is 16.8 Å². The molecule has 22 heavy (non-hydrogen) atoms. The van der Waals surface area contributed by atoms with Gasteiger partial charge in [-0.3, -0.25) is 0 Å². The average molecular weight is 294 g/mol. The lowest BCUT2D eigenvalue weighted by Gasteiger charge is -2.13. The highest BCUT2D eigenvalue weighted by molar-refractivity contribution is 5.63. The van der Waals surface area contributed by atoms with Gasteiger partial charge in [0.05, 0.1) is 12.2 Å². The maximum Gasteiger partial charge on any atom is 0.372 e. The molecule has 1 aromatic carbocycles. The number of aryl methyl sites for hydroxylation is 1. The Labute approximate surface area is 126 Å². The van der Waals surface area contributed by atoms with Gasteiger partial charge in [-0.1, -0.05) is 30.3 Å². The molecule has 0 radical (unpaired) electrons. The van der Waals surface area contributed by atoms with E-state index in [1.165, 1.54) is 15.5 Å². The van der Waals surface area contributed by atoms with Gasteiger partial charge in [0.1, 0.15) is 0 Å². The number of nitro groups is 1. The van der Waals surface area contributed by atoms with Gasteiger partial charge in [-0.25, -0.2) is 0 Å². The van der Waals surface area contributed by atoms with Crippen molar-refractivity contribution in [1.82, 2.24) is 9.38 Å². The van der Waals surface area contributed by atoms with Crippen LogP contribution in [0.25, 0.3) is 5.65 Å². The number of aromatic nitrogens is 2. The highest BCUT2D eigenvalue weighted by Crippen LogP contribution is 2.36. The minimum absolute atomic E-state index is 0.0139. The summed E-state index contributed by atoms with van der Waals surface area (Å²) in [6.07, 6.45) is 3.56. The van der Waals surface area contributed by atoms with Gasteiger partial charge >= 0.3 is 5.82 Å². The Morgan fingerprint density at radius 1 is 1.23 bits per heavy atom. The van der Waals surface area contributed by atoms with Crippen LogP contribution in [0.15, 0.2) is 48.7 Å². The molecule has 1 atom stereocenters. The van der Waals surface area contributed by atoms with Gasteiger partial charge in [-0.2, -0.15) is 9.38 Å². The molecule has 1 aliphatic carbocycles. The van der Waals surface area contributed by atoms with Crippen molar-refractivity contribution < 1.29 is 4.92 Å². The fourth-order valence-electron chi connectivity index (χ4n) is 3.13. The molecule has 0 unspecified atom stereocenters. The number of anilines is 1. The van der Waals surface area contributed by atoms with Gasteiger partial charge in [-0.15, -0.1) is 0 Å². The van der Waals surface area contributed by atoms with Crippen LogP contribution in [0.2, 0.25) is 0 Å². The minimum atomic E-state index is -0.386. The van der Waals surface area contributed by atoms with E-state index in [9.17, 15) is 10.1 Å². The monoisotopic (exact) mass is 294 g/mol. The molecular formula is C16H14N4O2. The van der Waals surface area contributed by atoms with Crippen molar-refractivity contribution in [3.8, 4) is 0 Å². The molecule has 4 rings (SSSR count). The Bertz CT molecular complexity index is 871. The topological polar surface area (TPSA) is 72.5 Å². The zero-order valence-corrected chi connectivity index (χ0v) is 11.8. The molecule has 2 heterocycles. The Kier molecular flexibility index (Phi) is 2.82. The molecule has 1 aliphatic rings. The standard InChI is InChI=1S/C16H14N4O2/c21-20(22)16-15(18-14-7-3-4-10-19(14)16)17-13-9-8-11-5-1-2-6-12(11)13/h1-7,10,13,17H,8-9H2/t13-/m0/s1. The number of rotatable bonds is 3. The predicted molar refractivity (Wildman–Crippen MR) is 83.0 cm³/mol. The first kappa shape index (κ1) is 12.8. The molecule has 2 aromatic heterocycles. The van der Waals surface area contributed by atoms with Crippen LogP contribution in [-0.2, 0) is 6.42 Å². The summed E-state index contributed by atoms with van der Waals surface area (Å²) in [6.45, 7) is 0. The SMILES string of the molecule is O=[N+]([O-])c1c(N[C@H]2CCc3ccccc32)nc2ccccn12. The Morgan fingerprint density at radius 2 is 2.05 bits per heavy atom. The number of hydrogen-bond donors (Lipinski definition) is 1. The third-order valence-electron chi connectivity index (χ3n) is 4.12. The largest absolute Gasteiger partial charge is 0.372 e. The summed E-state index contributed by atoms with van der Waals surface area (Å²) in [5.74, 6) is 0.317. The van der Waals surface area contributed by atoms with Gasteiger partial charge < -0.3 is 15.4 Å². The molecule has 3 aromatic rings. The highest BCUT2D eigenvalue weighted by atomic mass is 16.6. The van der Waals surface area contributed by atoms with Crippen molar-refractivity contribution in [3.05, 3.63) is 69.9 Å². The summed E-state index contributed by atoms with van der Waals surface area (Å²) in [5.41, 5.74) is 3.07. The van der Waals surface area contributed by atoms with E-state index >= 15 is 0 Å². The summed E-state index contributed by atoms with van der Waals surface area (Å²) in [5, 5.41) is 14.7. The summed E-state index contributed by atoms with van der Waals surface area (Å²) in [4.78, 5) is 15.4. The number of nitrogens with one attached hydrogen (secondary N) is 1. The quantitative estimate of drug-likeness (QED) is 0.594. The number of benzene rings is 1. The molecule has 0 saturated carbocycles. The fraction of sp³-hybridized carbons (Fsp3) is 0.188. The lowest BCUT2D eigenvalue weighted by atomic mass is 10.1. The van der Waals surface area contributed by atoms with E-state index in [4.69, 9.17) is 0 Å². The maximum absolute atomic E-state index is 11.4. The minimum Gasteiger partial charge on any atom is -0.358 e. The first-order chi connectivity index (χ1) is 10.7. The second-order valence-electron chi connectivity index (χ2n) is 5.40. The molecule has 6 nitrogen and oxygen atoms in total. The summed E-state index contributed by atoms with van der Waals surface area (Å²) >= 11 is 0. The number of pyridine rings is 1. The van der Waals surface area contributed by atoms with Crippen LogP contribution in [0.5, 0.6) is 0 Å². The van der Waals surface area contributed by atoms with Crippen LogP contribution in [0, 0.1) is 10.1 Å². The maximum atomic E-state index is 11.4. The van der Waals surface area contributed by atoms with Gasteiger partial charge in [0, 0.05) is 6.07 Å². The van der Waals surface area contributed by atoms with E-state index in [1.54, 1.807) is 18.3 Å². The van der Waals surface area contributed by atoms with Crippen LogP contribution < -0.4 is 5.32 Å². The smallest absolute Gasteiger partial charge is 0.358 e.